The van der Waals surface area contributed by atoms with E-state index < -0.39 is 5.54 Å². The van der Waals surface area contributed by atoms with Crippen LogP contribution >= 0.6 is 0 Å². The number of hydrogen-bond acceptors (Lipinski definition) is 3. The number of aromatic nitrogens is 1. The molecule has 0 fully saturated rings. The Labute approximate surface area is 82.6 Å². The first kappa shape index (κ1) is 10.2. The molecular formula is C10H11N3O. The molecule has 1 rings (SSSR count). The second-order valence-electron chi connectivity index (χ2n) is 3.43. The summed E-state index contributed by atoms with van der Waals surface area (Å²) in [4.78, 5) is 15.3. The molecule has 0 spiro atoms. The van der Waals surface area contributed by atoms with Crippen molar-refractivity contribution in [2.24, 2.45) is 0 Å². The summed E-state index contributed by atoms with van der Waals surface area (Å²) in [5, 5.41) is 11.3. The summed E-state index contributed by atoms with van der Waals surface area (Å²) >= 11 is 0. The van der Waals surface area contributed by atoms with Crippen LogP contribution in [0.1, 0.15) is 24.2 Å². The molecule has 0 saturated heterocycles. The number of hydrogen-bond donors (Lipinski definition) is 1. The van der Waals surface area contributed by atoms with Crippen LogP contribution in [0.5, 0.6) is 0 Å². The summed E-state index contributed by atoms with van der Waals surface area (Å²) in [5.41, 5.74) is -0.344. The maximum Gasteiger partial charge on any atom is 0.252 e. The third kappa shape index (κ3) is 2.56. The fourth-order valence-corrected chi connectivity index (χ4v) is 0.887. The Kier molecular flexibility index (Phi) is 2.82. The van der Waals surface area contributed by atoms with Crippen molar-refractivity contribution < 1.29 is 4.79 Å². The van der Waals surface area contributed by atoms with Crippen molar-refractivity contribution in [2.75, 3.05) is 0 Å². The minimum Gasteiger partial charge on any atom is -0.334 e. The van der Waals surface area contributed by atoms with Crippen molar-refractivity contribution in [3.63, 3.8) is 0 Å². The van der Waals surface area contributed by atoms with Crippen molar-refractivity contribution in [1.29, 1.82) is 5.26 Å². The van der Waals surface area contributed by atoms with Gasteiger partial charge in [-0.1, -0.05) is 0 Å². The lowest BCUT2D eigenvalue weighted by Crippen LogP contribution is -2.42. The lowest BCUT2D eigenvalue weighted by molar-refractivity contribution is 0.0929. The molecule has 1 heterocycles. The molecule has 72 valence electrons. The number of carbonyl (C=O) groups is 1. The normalized spacial score (nSPS) is 10.4. The van der Waals surface area contributed by atoms with Crippen LogP contribution in [0.25, 0.3) is 0 Å². The molecule has 1 amide bonds. The Bertz CT molecular complexity index is 365. The highest BCUT2D eigenvalue weighted by atomic mass is 16.1. The van der Waals surface area contributed by atoms with E-state index in [4.69, 9.17) is 5.26 Å². The molecule has 0 radical (unpaired) electrons. The molecule has 0 unspecified atom stereocenters. The minimum absolute atomic E-state index is 0.265. The maximum absolute atomic E-state index is 11.5. The van der Waals surface area contributed by atoms with Crippen LogP contribution in [0, 0.1) is 11.3 Å². The van der Waals surface area contributed by atoms with Crippen LogP contribution in [0.3, 0.4) is 0 Å². The molecule has 1 N–H and O–H groups in total. The van der Waals surface area contributed by atoms with Crippen LogP contribution in [-0.2, 0) is 0 Å². The molecule has 0 aliphatic heterocycles. The molecule has 4 heteroatoms. The van der Waals surface area contributed by atoms with E-state index in [-0.39, 0.29) is 5.91 Å². The van der Waals surface area contributed by atoms with Crippen molar-refractivity contribution in [3.05, 3.63) is 30.1 Å². The Morgan fingerprint density at radius 2 is 2.07 bits per heavy atom. The van der Waals surface area contributed by atoms with Crippen LogP contribution in [0.15, 0.2) is 24.5 Å². The van der Waals surface area contributed by atoms with Gasteiger partial charge in [-0.05, 0) is 26.0 Å². The number of amides is 1. The molecule has 4 nitrogen and oxygen atoms in total. The number of nitriles is 1. The van der Waals surface area contributed by atoms with Gasteiger partial charge in [-0.25, -0.2) is 0 Å². The summed E-state index contributed by atoms with van der Waals surface area (Å²) in [6.07, 6.45) is 3.07. The van der Waals surface area contributed by atoms with E-state index in [1.807, 2.05) is 6.07 Å². The predicted octanol–water partition coefficient (Wildman–Crippen LogP) is 1.11. The van der Waals surface area contributed by atoms with Gasteiger partial charge in [0.1, 0.15) is 5.54 Å². The summed E-state index contributed by atoms with van der Waals surface area (Å²) in [6.45, 7) is 3.29. The zero-order valence-electron chi connectivity index (χ0n) is 8.11. The topological polar surface area (TPSA) is 65.8 Å². The van der Waals surface area contributed by atoms with Gasteiger partial charge >= 0.3 is 0 Å². The number of nitrogens with one attached hydrogen (secondary N) is 1. The first-order valence-electron chi connectivity index (χ1n) is 4.19. The van der Waals surface area contributed by atoms with Crippen LogP contribution in [-0.4, -0.2) is 16.4 Å². The molecular weight excluding hydrogens is 178 g/mol. The molecule has 0 saturated carbocycles. The average Bonchev–Trinajstić information content (AvgIpc) is 2.19. The highest BCUT2D eigenvalue weighted by Crippen LogP contribution is 2.03. The largest absolute Gasteiger partial charge is 0.334 e. The third-order valence-corrected chi connectivity index (χ3v) is 1.65. The SMILES string of the molecule is CC(C)(C#N)NC(=O)c1ccncc1. The molecule has 14 heavy (non-hydrogen) atoms. The average molecular weight is 189 g/mol. The molecule has 0 aliphatic carbocycles. The Morgan fingerprint density at radius 3 is 2.57 bits per heavy atom. The molecule has 0 aliphatic rings. The molecule has 0 aromatic carbocycles. The van der Waals surface area contributed by atoms with Gasteiger partial charge in [-0.3, -0.25) is 9.78 Å². The summed E-state index contributed by atoms with van der Waals surface area (Å²) in [5.74, 6) is -0.265. The van der Waals surface area contributed by atoms with Crippen molar-refractivity contribution >= 4 is 5.91 Å². The van der Waals surface area contributed by atoms with E-state index in [1.54, 1.807) is 26.0 Å². The lowest BCUT2D eigenvalue weighted by atomic mass is 10.1. The van der Waals surface area contributed by atoms with Gasteiger partial charge in [0, 0.05) is 18.0 Å². The molecule has 0 atom stereocenters. The maximum atomic E-state index is 11.5. The Hall–Kier alpha value is -1.89. The zero-order chi connectivity index (χ0) is 10.6. The van der Waals surface area contributed by atoms with E-state index in [2.05, 4.69) is 10.3 Å². The molecule has 0 bridgehead atoms. The minimum atomic E-state index is -0.847. The Balaban J connectivity index is 2.75. The number of nitrogens with zero attached hydrogens (tertiary/aromatic N) is 2. The van der Waals surface area contributed by atoms with Gasteiger partial charge in [0.15, 0.2) is 0 Å². The van der Waals surface area contributed by atoms with Crippen molar-refractivity contribution in [3.8, 4) is 6.07 Å². The summed E-state index contributed by atoms with van der Waals surface area (Å²) in [7, 11) is 0. The molecule has 1 aromatic heterocycles. The first-order valence-corrected chi connectivity index (χ1v) is 4.19. The summed E-state index contributed by atoms with van der Waals surface area (Å²) in [6, 6.07) is 5.19. The first-order chi connectivity index (χ1) is 6.55. The highest BCUT2D eigenvalue weighted by molar-refractivity contribution is 5.94. The third-order valence-electron chi connectivity index (χ3n) is 1.65. The standard InChI is InChI=1S/C10H11N3O/c1-10(2,7-11)13-9(14)8-3-5-12-6-4-8/h3-6H,1-2H3,(H,13,14). The van der Waals surface area contributed by atoms with Crippen molar-refractivity contribution in [2.45, 2.75) is 19.4 Å². The van der Waals surface area contributed by atoms with Gasteiger partial charge in [-0.2, -0.15) is 5.26 Å². The molecule has 1 aromatic rings. The van der Waals surface area contributed by atoms with Crippen LogP contribution in [0.2, 0.25) is 0 Å². The van der Waals surface area contributed by atoms with E-state index in [1.165, 1.54) is 12.4 Å². The number of carbonyl (C=O) groups excluding carboxylic acids is 1. The van der Waals surface area contributed by atoms with Gasteiger partial charge in [-0.15, -0.1) is 0 Å². The summed E-state index contributed by atoms with van der Waals surface area (Å²) < 4.78 is 0. The fraction of sp³-hybridized carbons (Fsp3) is 0.300. The predicted molar refractivity (Wildman–Crippen MR) is 51.4 cm³/mol. The lowest BCUT2D eigenvalue weighted by Gasteiger charge is -2.17. The van der Waals surface area contributed by atoms with E-state index in [9.17, 15) is 4.79 Å². The van der Waals surface area contributed by atoms with Crippen LogP contribution < -0.4 is 5.32 Å². The van der Waals surface area contributed by atoms with Gasteiger partial charge < -0.3 is 5.32 Å². The van der Waals surface area contributed by atoms with E-state index in [0.717, 1.165) is 0 Å². The smallest absolute Gasteiger partial charge is 0.252 e. The Morgan fingerprint density at radius 1 is 1.50 bits per heavy atom. The number of pyridine rings is 1. The second-order valence-corrected chi connectivity index (χ2v) is 3.43. The fourth-order valence-electron chi connectivity index (χ4n) is 0.887. The van der Waals surface area contributed by atoms with Crippen molar-refractivity contribution in [1.82, 2.24) is 10.3 Å². The quantitative estimate of drug-likeness (QED) is 0.757. The van der Waals surface area contributed by atoms with Crippen LogP contribution in [0.4, 0.5) is 0 Å². The van der Waals surface area contributed by atoms with Gasteiger partial charge in [0.2, 0.25) is 0 Å². The highest BCUT2D eigenvalue weighted by Gasteiger charge is 2.19. The second kappa shape index (κ2) is 3.88. The van der Waals surface area contributed by atoms with Gasteiger partial charge in [0.05, 0.1) is 6.07 Å². The van der Waals surface area contributed by atoms with E-state index in [0.29, 0.717) is 5.56 Å². The monoisotopic (exact) mass is 189 g/mol. The number of rotatable bonds is 2. The zero-order valence-corrected chi connectivity index (χ0v) is 8.11. The van der Waals surface area contributed by atoms with E-state index >= 15 is 0 Å². The van der Waals surface area contributed by atoms with Gasteiger partial charge in [0.25, 0.3) is 5.91 Å².